The molecule has 6 heteroatoms. The summed E-state index contributed by atoms with van der Waals surface area (Å²) in [5, 5.41) is 0. The van der Waals surface area contributed by atoms with E-state index in [1.165, 1.54) is 0 Å². The summed E-state index contributed by atoms with van der Waals surface area (Å²) in [6, 6.07) is 4.00. The molecule has 100 valence electrons. The van der Waals surface area contributed by atoms with Crippen molar-refractivity contribution in [3.8, 4) is 0 Å². The third kappa shape index (κ3) is 2.92. The number of rotatable bonds is 5. The summed E-state index contributed by atoms with van der Waals surface area (Å²) in [6.45, 7) is 2.46. The van der Waals surface area contributed by atoms with Crippen LogP contribution >= 0.6 is 0 Å². The Kier molecular flexibility index (Phi) is 4.47. The molecule has 2 aromatic rings. The van der Waals surface area contributed by atoms with Gasteiger partial charge >= 0.3 is 7.12 Å². The quantitative estimate of drug-likeness (QED) is 0.753. The minimum absolute atomic E-state index is 0.440. The second-order valence-corrected chi connectivity index (χ2v) is 4.32. The number of methoxy groups -OCH3 is 1. The smallest absolute Gasteiger partial charge is 0.410 e. The molecule has 0 bridgehead atoms. The van der Waals surface area contributed by atoms with Gasteiger partial charge in [0.05, 0.1) is 29.5 Å². The minimum Gasteiger partial charge on any atom is -0.410 e. The van der Waals surface area contributed by atoms with Crippen LogP contribution in [-0.2, 0) is 20.7 Å². The highest BCUT2D eigenvalue weighted by atomic mass is 16.6. The van der Waals surface area contributed by atoms with E-state index in [2.05, 4.69) is 9.97 Å². The van der Waals surface area contributed by atoms with Gasteiger partial charge in [-0.05, 0) is 18.6 Å². The van der Waals surface area contributed by atoms with Gasteiger partial charge < -0.3 is 14.0 Å². The molecular weight excluding hydrogens is 243 g/mol. The van der Waals surface area contributed by atoms with Gasteiger partial charge in [0.2, 0.25) is 0 Å². The molecule has 0 fully saturated rings. The first kappa shape index (κ1) is 13.9. The van der Waals surface area contributed by atoms with Crippen LogP contribution in [0.15, 0.2) is 18.3 Å². The highest BCUT2D eigenvalue weighted by Crippen LogP contribution is 2.12. The molecule has 1 aromatic heterocycles. The molecule has 0 saturated carbocycles. The molecule has 0 atom stereocenters. The van der Waals surface area contributed by atoms with Crippen molar-refractivity contribution in [2.24, 2.45) is 0 Å². The molecule has 0 aliphatic heterocycles. The van der Waals surface area contributed by atoms with Gasteiger partial charge in [-0.2, -0.15) is 0 Å². The maximum Gasteiger partial charge on any atom is 0.495 e. The number of benzene rings is 1. The summed E-state index contributed by atoms with van der Waals surface area (Å²) >= 11 is 0. The molecule has 0 unspecified atom stereocenters. The second-order valence-electron chi connectivity index (χ2n) is 4.32. The van der Waals surface area contributed by atoms with E-state index in [-0.39, 0.29) is 0 Å². The van der Waals surface area contributed by atoms with Crippen LogP contribution in [-0.4, -0.2) is 38.4 Å². The standard InChI is InChI=1S/C13H17BN2O3/c1-9-5-11(14(18-3)19-4)13-12(6-9)16-10(7-15-13)8-17-2/h5-7H,8H2,1-4H3. The van der Waals surface area contributed by atoms with Crippen molar-refractivity contribution in [1.82, 2.24) is 9.97 Å². The average Bonchev–Trinajstić information content (AvgIpc) is 2.40. The zero-order valence-electron chi connectivity index (χ0n) is 11.6. The van der Waals surface area contributed by atoms with E-state index in [4.69, 9.17) is 14.0 Å². The zero-order chi connectivity index (χ0) is 13.8. The fraction of sp³-hybridized carbons (Fsp3) is 0.385. The SMILES string of the molecule is COCc1cnc2c(B(OC)OC)cc(C)cc2n1. The van der Waals surface area contributed by atoms with E-state index < -0.39 is 7.12 Å². The van der Waals surface area contributed by atoms with Gasteiger partial charge in [-0.25, -0.2) is 4.98 Å². The average molecular weight is 260 g/mol. The molecule has 19 heavy (non-hydrogen) atoms. The van der Waals surface area contributed by atoms with Crippen LogP contribution in [0.2, 0.25) is 0 Å². The fourth-order valence-electron chi connectivity index (χ4n) is 2.08. The lowest BCUT2D eigenvalue weighted by Crippen LogP contribution is -2.36. The lowest BCUT2D eigenvalue weighted by molar-refractivity contribution is 0.181. The maximum atomic E-state index is 5.31. The molecule has 0 spiro atoms. The normalized spacial score (nSPS) is 10.9. The topological polar surface area (TPSA) is 53.5 Å². The number of hydrogen-bond acceptors (Lipinski definition) is 5. The summed E-state index contributed by atoms with van der Waals surface area (Å²) in [5.74, 6) is 0. The van der Waals surface area contributed by atoms with Crippen molar-refractivity contribution in [2.45, 2.75) is 13.5 Å². The molecule has 0 radical (unpaired) electrons. The number of nitrogens with zero attached hydrogens (tertiary/aromatic N) is 2. The summed E-state index contributed by atoms with van der Waals surface area (Å²) in [6.07, 6.45) is 1.72. The molecule has 0 amide bonds. The molecule has 2 rings (SSSR count). The number of aryl methyl sites for hydroxylation is 1. The number of hydrogen-bond donors (Lipinski definition) is 0. The first-order valence-electron chi connectivity index (χ1n) is 6.00. The molecule has 0 aliphatic rings. The van der Waals surface area contributed by atoms with Gasteiger partial charge in [-0.15, -0.1) is 0 Å². The van der Waals surface area contributed by atoms with Crippen LogP contribution in [0.4, 0.5) is 0 Å². The van der Waals surface area contributed by atoms with Crippen LogP contribution in [0, 0.1) is 6.92 Å². The van der Waals surface area contributed by atoms with Crippen LogP contribution in [0.25, 0.3) is 11.0 Å². The van der Waals surface area contributed by atoms with E-state index in [0.717, 1.165) is 27.8 Å². The molecule has 0 aliphatic carbocycles. The fourth-order valence-corrected chi connectivity index (χ4v) is 2.08. The first-order chi connectivity index (χ1) is 9.19. The van der Waals surface area contributed by atoms with Gasteiger partial charge in [-0.1, -0.05) is 6.07 Å². The van der Waals surface area contributed by atoms with Gasteiger partial charge in [-0.3, -0.25) is 4.98 Å². The number of aromatic nitrogens is 2. The van der Waals surface area contributed by atoms with E-state index >= 15 is 0 Å². The van der Waals surface area contributed by atoms with E-state index in [1.54, 1.807) is 27.5 Å². The molecule has 0 saturated heterocycles. The number of ether oxygens (including phenoxy) is 1. The molecular formula is C13H17BN2O3. The Labute approximate surface area is 113 Å². The lowest BCUT2D eigenvalue weighted by atomic mass is 9.77. The highest BCUT2D eigenvalue weighted by molar-refractivity contribution is 6.64. The van der Waals surface area contributed by atoms with Crippen molar-refractivity contribution >= 4 is 23.6 Å². The van der Waals surface area contributed by atoms with E-state index in [1.807, 2.05) is 19.1 Å². The molecule has 1 aromatic carbocycles. The summed E-state index contributed by atoms with van der Waals surface area (Å²) in [5.41, 5.74) is 4.39. The predicted molar refractivity (Wildman–Crippen MR) is 74.4 cm³/mol. The first-order valence-corrected chi connectivity index (χ1v) is 6.00. The number of fused-ring (bicyclic) bond motifs is 1. The van der Waals surface area contributed by atoms with E-state index in [0.29, 0.717) is 6.61 Å². The monoisotopic (exact) mass is 260 g/mol. The van der Waals surface area contributed by atoms with Gasteiger partial charge in [0.1, 0.15) is 0 Å². The predicted octanol–water partition coefficient (Wildman–Crippen LogP) is 1.07. The summed E-state index contributed by atoms with van der Waals surface area (Å²) < 4.78 is 15.7. The Morgan fingerprint density at radius 1 is 1.16 bits per heavy atom. The van der Waals surface area contributed by atoms with Crippen molar-refractivity contribution in [1.29, 1.82) is 0 Å². The highest BCUT2D eigenvalue weighted by Gasteiger charge is 2.22. The van der Waals surface area contributed by atoms with E-state index in [9.17, 15) is 0 Å². The Morgan fingerprint density at radius 2 is 1.89 bits per heavy atom. The minimum atomic E-state index is -0.440. The maximum absolute atomic E-state index is 5.31. The van der Waals surface area contributed by atoms with Crippen LogP contribution in [0.1, 0.15) is 11.3 Å². The van der Waals surface area contributed by atoms with Crippen molar-refractivity contribution < 1.29 is 14.0 Å². The van der Waals surface area contributed by atoms with Crippen LogP contribution in [0.5, 0.6) is 0 Å². The van der Waals surface area contributed by atoms with Gasteiger partial charge in [0, 0.05) is 26.8 Å². The Bertz CT molecular complexity index is 573. The largest absolute Gasteiger partial charge is 0.495 e. The molecule has 5 nitrogen and oxygen atoms in total. The van der Waals surface area contributed by atoms with Crippen molar-refractivity contribution in [3.63, 3.8) is 0 Å². The lowest BCUT2D eigenvalue weighted by Gasteiger charge is -2.12. The molecule has 1 heterocycles. The molecule has 0 N–H and O–H groups in total. The van der Waals surface area contributed by atoms with Gasteiger partial charge in [0.15, 0.2) is 0 Å². The summed E-state index contributed by atoms with van der Waals surface area (Å²) in [7, 11) is 4.41. The van der Waals surface area contributed by atoms with Gasteiger partial charge in [0.25, 0.3) is 0 Å². The summed E-state index contributed by atoms with van der Waals surface area (Å²) in [4.78, 5) is 8.99. The second kappa shape index (κ2) is 6.10. The third-order valence-corrected chi connectivity index (χ3v) is 2.84. The van der Waals surface area contributed by atoms with Crippen LogP contribution < -0.4 is 5.46 Å². The Hall–Kier alpha value is -1.50. The zero-order valence-corrected chi connectivity index (χ0v) is 11.6. The third-order valence-electron chi connectivity index (χ3n) is 2.84. The van der Waals surface area contributed by atoms with Crippen molar-refractivity contribution in [3.05, 3.63) is 29.6 Å². The Morgan fingerprint density at radius 3 is 2.53 bits per heavy atom. The van der Waals surface area contributed by atoms with Crippen LogP contribution in [0.3, 0.4) is 0 Å². The Balaban J connectivity index is 2.58. The van der Waals surface area contributed by atoms with Crippen molar-refractivity contribution in [2.75, 3.05) is 21.3 Å².